The first-order valence-electron chi connectivity index (χ1n) is 10.8. The molecular formula is C26H38O2. The van der Waals surface area contributed by atoms with E-state index in [1.54, 1.807) is 0 Å². The van der Waals surface area contributed by atoms with Gasteiger partial charge < -0.3 is 10.2 Å². The number of phenolic OH excluding ortho intramolecular Hbond substituents is 2. The fraction of sp³-hybridized carbons (Fsp3) is 0.538. The summed E-state index contributed by atoms with van der Waals surface area (Å²) >= 11 is 0. The zero-order valence-corrected chi connectivity index (χ0v) is 18.8. The van der Waals surface area contributed by atoms with E-state index < -0.39 is 0 Å². The minimum absolute atomic E-state index is 0.281. The molecule has 0 fully saturated rings. The first-order chi connectivity index (χ1) is 13.1. The maximum Gasteiger partial charge on any atom is 0.119 e. The molecular weight excluding hydrogens is 344 g/mol. The molecule has 0 saturated heterocycles. The maximum absolute atomic E-state index is 10.4. The van der Waals surface area contributed by atoms with Gasteiger partial charge in [-0.1, -0.05) is 53.2 Å². The Bertz CT molecular complexity index is 737. The van der Waals surface area contributed by atoms with Gasteiger partial charge in [0.1, 0.15) is 11.5 Å². The number of hydrogen-bond donors (Lipinski definition) is 2. The lowest BCUT2D eigenvalue weighted by Crippen LogP contribution is -2.08. The third kappa shape index (κ3) is 5.31. The minimum Gasteiger partial charge on any atom is -0.508 e. The summed E-state index contributed by atoms with van der Waals surface area (Å²) in [5, 5.41) is 20.9. The number of hydrogen-bond acceptors (Lipinski definition) is 2. The van der Waals surface area contributed by atoms with Crippen molar-refractivity contribution in [3.8, 4) is 11.5 Å². The molecule has 2 nitrogen and oxygen atoms in total. The van der Waals surface area contributed by atoms with Crippen molar-refractivity contribution in [1.82, 2.24) is 0 Å². The Labute approximate surface area is 171 Å². The van der Waals surface area contributed by atoms with Crippen LogP contribution in [0.15, 0.2) is 24.3 Å². The van der Waals surface area contributed by atoms with Crippen LogP contribution in [0.2, 0.25) is 0 Å². The zero-order valence-electron chi connectivity index (χ0n) is 18.8. The highest BCUT2D eigenvalue weighted by atomic mass is 16.3. The van der Waals surface area contributed by atoms with E-state index in [4.69, 9.17) is 0 Å². The molecule has 0 bridgehead atoms. The summed E-state index contributed by atoms with van der Waals surface area (Å²) in [4.78, 5) is 0. The van der Waals surface area contributed by atoms with E-state index in [-0.39, 0.29) is 5.92 Å². The molecule has 2 heteroatoms. The normalized spacial score (nSPS) is 11.8. The molecule has 0 heterocycles. The van der Waals surface area contributed by atoms with Crippen molar-refractivity contribution >= 4 is 0 Å². The van der Waals surface area contributed by atoms with Gasteiger partial charge in [-0.05, 0) is 90.5 Å². The molecule has 2 rings (SSSR count). The molecule has 0 aromatic heterocycles. The third-order valence-electron chi connectivity index (χ3n) is 5.52. The summed E-state index contributed by atoms with van der Waals surface area (Å²) in [5.74, 6) is 2.10. The smallest absolute Gasteiger partial charge is 0.119 e. The van der Waals surface area contributed by atoms with Gasteiger partial charge in [0.05, 0.1) is 0 Å². The van der Waals surface area contributed by atoms with Gasteiger partial charge >= 0.3 is 0 Å². The second kappa shape index (κ2) is 9.49. The van der Waals surface area contributed by atoms with Gasteiger partial charge in [-0.15, -0.1) is 0 Å². The average Bonchev–Trinajstić information content (AvgIpc) is 2.57. The maximum atomic E-state index is 10.4. The fourth-order valence-electron chi connectivity index (χ4n) is 4.24. The van der Waals surface area contributed by atoms with Gasteiger partial charge in [-0.25, -0.2) is 0 Å². The highest BCUT2D eigenvalue weighted by molar-refractivity contribution is 5.50. The molecule has 0 spiro atoms. The Hall–Kier alpha value is -1.96. The second-order valence-electron chi connectivity index (χ2n) is 9.21. The Morgan fingerprint density at radius 1 is 0.714 bits per heavy atom. The van der Waals surface area contributed by atoms with Gasteiger partial charge in [0.15, 0.2) is 0 Å². The van der Waals surface area contributed by atoms with Gasteiger partial charge in [0.2, 0.25) is 0 Å². The lowest BCUT2D eigenvalue weighted by atomic mass is 9.80. The number of aryl methyl sites for hydroxylation is 2. The van der Waals surface area contributed by atoms with Crippen LogP contribution in [-0.2, 0) is 12.8 Å². The zero-order chi connectivity index (χ0) is 21.0. The highest BCUT2D eigenvalue weighted by Crippen LogP contribution is 2.39. The van der Waals surface area contributed by atoms with Crippen LogP contribution in [-0.4, -0.2) is 10.2 Å². The molecule has 0 unspecified atom stereocenters. The van der Waals surface area contributed by atoms with Crippen LogP contribution in [0.25, 0.3) is 0 Å². The monoisotopic (exact) mass is 382 g/mol. The summed E-state index contributed by atoms with van der Waals surface area (Å²) in [5.41, 5.74) is 6.97. The molecule has 0 aliphatic rings. The van der Waals surface area contributed by atoms with E-state index in [9.17, 15) is 10.2 Å². The first-order valence-corrected chi connectivity index (χ1v) is 10.8. The fourth-order valence-corrected chi connectivity index (χ4v) is 4.24. The molecule has 28 heavy (non-hydrogen) atoms. The Balaban J connectivity index is 2.60. The minimum atomic E-state index is 0.281. The summed E-state index contributed by atoms with van der Waals surface area (Å²) < 4.78 is 0. The van der Waals surface area contributed by atoms with Gasteiger partial charge in [0.25, 0.3) is 0 Å². The molecule has 0 atom stereocenters. The van der Waals surface area contributed by atoms with E-state index in [1.807, 2.05) is 12.1 Å². The summed E-state index contributed by atoms with van der Waals surface area (Å²) in [7, 11) is 0. The van der Waals surface area contributed by atoms with E-state index in [2.05, 4.69) is 60.6 Å². The van der Waals surface area contributed by atoms with E-state index in [0.29, 0.717) is 23.3 Å². The molecule has 0 radical (unpaired) electrons. The van der Waals surface area contributed by atoms with Gasteiger partial charge in [-0.2, -0.15) is 0 Å². The van der Waals surface area contributed by atoms with Crippen molar-refractivity contribution in [3.63, 3.8) is 0 Å². The van der Waals surface area contributed by atoms with Crippen LogP contribution in [0.1, 0.15) is 86.8 Å². The highest BCUT2D eigenvalue weighted by Gasteiger charge is 2.21. The second-order valence-corrected chi connectivity index (χ2v) is 9.21. The SMILES string of the molecule is CCCC(c1cc(CC(C)C)c(O)cc1C)c1cc(CC(C)C)c(O)cc1C. The van der Waals surface area contributed by atoms with Crippen molar-refractivity contribution in [3.05, 3.63) is 57.6 Å². The lowest BCUT2D eigenvalue weighted by molar-refractivity contribution is 0.460. The quantitative estimate of drug-likeness (QED) is 0.514. The molecule has 0 amide bonds. The number of benzene rings is 2. The van der Waals surface area contributed by atoms with Crippen LogP contribution >= 0.6 is 0 Å². The molecule has 0 aliphatic heterocycles. The standard InChI is InChI=1S/C26H38O2/c1-8-9-22(23-14-20(10-16(2)3)25(27)12-18(23)6)24-15-21(11-17(4)5)26(28)13-19(24)7/h12-17,22,27-28H,8-11H2,1-7H3. The number of rotatable bonds is 8. The van der Waals surface area contributed by atoms with Crippen molar-refractivity contribution in [2.45, 2.75) is 80.1 Å². The van der Waals surface area contributed by atoms with Crippen LogP contribution in [0.5, 0.6) is 11.5 Å². The summed E-state index contributed by atoms with van der Waals surface area (Å²) in [6, 6.07) is 8.31. The topological polar surface area (TPSA) is 40.5 Å². The van der Waals surface area contributed by atoms with E-state index >= 15 is 0 Å². The van der Waals surface area contributed by atoms with E-state index in [1.165, 1.54) is 11.1 Å². The van der Waals surface area contributed by atoms with Crippen molar-refractivity contribution < 1.29 is 10.2 Å². The lowest BCUT2D eigenvalue weighted by Gasteiger charge is -2.24. The molecule has 0 aliphatic carbocycles. The molecule has 2 aromatic carbocycles. The molecule has 0 saturated carbocycles. The summed E-state index contributed by atoms with van der Waals surface area (Å²) in [6.07, 6.45) is 3.90. The average molecular weight is 383 g/mol. The van der Waals surface area contributed by atoms with Crippen LogP contribution < -0.4 is 0 Å². The predicted molar refractivity (Wildman–Crippen MR) is 120 cm³/mol. The van der Waals surface area contributed by atoms with Crippen LogP contribution in [0.3, 0.4) is 0 Å². The van der Waals surface area contributed by atoms with Gasteiger partial charge in [-0.3, -0.25) is 0 Å². The number of aromatic hydroxyl groups is 2. The molecule has 2 N–H and O–H groups in total. The summed E-state index contributed by atoms with van der Waals surface area (Å²) in [6.45, 7) is 15.2. The third-order valence-corrected chi connectivity index (χ3v) is 5.52. The van der Waals surface area contributed by atoms with E-state index in [0.717, 1.165) is 47.9 Å². The number of phenols is 2. The Morgan fingerprint density at radius 3 is 1.43 bits per heavy atom. The first kappa shape index (κ1) is 22.3. The van der Waals surface area contributed by atoms with Crippen LogP contribution in [0.4, 0.5) is 0 Å². The molecule has 2 aromatic rings. The Kier molecular flexibility index (Phi) is 7.57. The van der Waals surface area contributed by atoms with Crippen molar-refractivity contribution in [1.29, 1.82) is 0 Å². The molecule has 154 valence electrons. The Morgan fingerprint density at radius 2 is 1.11 bits per heavy atom. The largest absolute Gasteiger partial charge is 0.508 e. The van der Waals surface area contributed by atoms with Crippen molar-refractivity contribution in [2.24, 2.45) is 11.8 Å². The van der Waals surface area contributed by atoms with Crippen molar-refractivity contribution in [2.75, 3.05) is 0 Å². The predicted octanol–water partition coefficient (Wildman–Crippen LogP) is 7.04. The van der Waals surface area contributed by atoms with Gasteiger partial charge in [0, 0.05) is 5.92 Å². The van der Waals surface area contributed by atoms with Crippen LogP contribution in [0, 0.1) is 25.7 Å².